The lowest BCUT2D eigenvalue weighted by atomic mass is 10.1. The van der Waals surface area contributed by atoms with Crippen LogP contribution in [0.1, 0.15) is 57.9 Å². The van der Waals surface area contributed by atoms with Crippen LogP contribution in [0, 0.1) is 0 Å². The van der Waals surface area contributed by atoms with Gasteiger partial charge in [-0.25, -0.2) is 0 Å². The van der Waals surface area contributed by atoms with Crippen LogP contribution in [0.2, 0.25) is 0 Å². The Kier molecular flexibility index (Phi) is 7.78. The molecule has 1 N–H and O–H groups in total. The fourth-order valence-electron chi connectivity index (χ4n) is 2.19. The van der Waals surface area contributed by atoms with E-state index in [0.29, 0.717) is 0 Å². The smallest absolute Gasteiger partial charge is 0.307 e. The number of unbranched alkanes of at least 4 members (excludes halogenated alkanes) is 4. The van der Waals surface area contributed by atoms with E-state index in [0.717, 1.165) is 17.7 Å². The summed E-state index contributed by atoms with van der Waals surface area (Å²) in [4.78, 5) is 10.6. The predicted octanol–water partition coefficient (Wildman–Crippen LogP) is 4.44. The topological polar surface area (TPSA) is 46.5 Å². The molecule has 0 aliphatic carbocycles. The third-order valence-corrected chi connectivity index (χ3v) is 3.33. The average Bonchev–Trinajstić information content (AvgIpc) is 2.40. The Labute approximate surface area is 122 Å². The van der Waals surface area contributed by atoms with E-state index in [4.69, 9.17) is 9.84 Å². The van der Waals surface area contributed by atoms with Gasteiger partial charge in [0.05, 0.1) is 12.5 Å². The molecule has 3 heteroatoms. The van der Waals surface area contributed by atoms with Crippen LogP contribution in [0.25, 0.3) is 0 Å². The molecule has 0 saturated heterocycles. The van der Waals surface area contributed by atoms with Crippen molar-refractivity contribution in [1.82, 2.24) is 0 Å². The minimum Gasteiger partial charge on any atom is -0.491 e. The number of carbonyl (C=O) groups is 1. The lowest BCUT2D eigenvalue weighted by molar-refractivity contribution is -0.136. The lowest BCUT2D eigenvalue weighted by Crippen LogP contribution is -2.11. The van der Waals surface area contributed by atoms with E-state index in [1.165, 1.54) is 32.1 Å². The van der Waals surface area contributed by atoms with E-state index >= 15 is 0 Å². The molecule has 0 radical (unpaired) electrons. The minimum absolute atomic E-state index is 0.0628. The highest BCUT2D eigenvalue weighted by Crippen LogP contribution is 2.17. The Bertz CT molecular complexity index is 384. The number of carboxylic acid groups (broad SMARTS) is 1. The molecule has 0 amide bonds. The van der Waals surface area contributed by atoms with Crippen molar-refractivity contribution in [3.8, 4) is 5.75 Å². The normalized spacial score (nSPS) is 12.1. The van der Waals surface area contributed by atoms with E-state index in [1.54, 1.807) is 0 Å². The molecular weight excluding hydrogens is 252 g/mol. The molecule has 0 aliphatic rings. The quantitative estimate of drug-likeness (QED) is 0.643. The number of carboxylic acids is 1. The molecule has 1 atom stereocenters. The van der Waals surface area contributed by atoms with Crippen LogP contribution in [0.3, 0.4) is 0 Å². The molecule has 0 aromatic heterocycles. The van der Waals surface area contributed by atoms with Gasteiger partial charge in [0.15, 0.2) is 0 Å². The summed E-state index contributed by atoms with van der Waals surface area (Å²) in [6.07, 6.45) is 7.73. The molecular formula is C17H26O3. The Balaban J connectivity index is 2.27. The molecule has 1 aromatic rings. The van der Waals surface area contributed by atoms with Crippen molar-refractivity contribution in [3.05, 3.63) is 29.8 Å². The molecule has 1 unspecified atom stereocenters. The number of benzene rings is 1. The molecule has 1 aromatic carbocycles. The fraction of sp³-hybridized carbons (Fsp3) is 0.588. The number of hydrogen-bond acceptors (Lipinski definition) is 2. The van der Waals surface area contributed by atoms with Crippen LogP contribution >= 0.6 is 0 Å². The van der Waals surface area contributed by atoms with Crippen LogP contribution in [0.5, 0.6) is 5.75 Å². The first kappa shape index (κ1) is 16.5. The van der Waals surface area contributed by atoms with Gasteiger partial charge in [-0.05, 0) is 37.5 Å². The van der Waals surface area contributed by atoms with Crippen molar-refractivity contribution in [2.45, 2.75) is 64.9 Å². The highest BCUT2D eigenvalue weighted by atomic mass is 16.5. The number of aliphatic carboxylic acids is 1. The zero-order valence-electron chi connectivity index (χ0n) is 12.6. The van der Waals surface area contributed by atoms with Gasteiger partial charge >= 0.3 is 5.97 Å². The summed E-state index contributed by atoms with van der Waals surface area (Å²) in [6.45, 7) is 4.31. The first-order valence-corrected chi connectivity index (χ1v) is 7.59. The third kappa shape index (κ3) is 7.17. The maximum atomic E-state index is 10.6. The summed E-state index contributed by atoms with van der Waals surface area (Å²) < 4.78 is 5.83. The summed E-state index contributed by atoms with van der Waals surface area (Å²) in [5.41, 5.74) is 0.803. The van der Waals surface area contributed by atoms with E-state index < -0.39 is 5.97 Å². The highest BCUT2D eigenvalue weighted by molar-refractivity contribution is 5.70. The number of ether oxygens (including phenoxy) is 1. The van der Waals surface area contributed by atoms with E-state index in [2.05, 4.69) is 13.8 Å². The Morgan fingerprint density at radius 3 is 2.40 bits per heavy atom. The van der Waals surface area contributed by atoms with E-state index in [1.807, 2.05) is 24.3 Å². The van der Waals surface area contributed by atoms with Crippen LogP contribution < -0.4 is 4.74 Å². The Hall–Kier alpha value is -1.51. The van der Waals surface area contributed by atoms with Gasteiger partial charge in [0.2, 0.25) is 0 Å². The van der Waals surface area contributed by atoms with Gasteiger partial charge in [0, 0.05) is 0 Å². The summed E-state index contributed by atoms with van der Waals surface area (Å²) in [6, 6.07) is 7.34. The van der Waals surface area contributed by atoms with Gasteiger partial charge in [0.1, 0.15) is 5.75 Å². The maximum Gasteiger partial charge on any atom is 0.307 e. The van der Waals surface area contributed by atoms with Crippen molar-refractivity contribution in [2.75, 3.05) is 0 Å². The molecule has 0 bridgehead atoms. The molecule has 112 valence electrons. The van der Waals surface area contributed by atoms with Crippen molar-refractivity contribution >= 4 is 5.97 Å². The lowest BCUT2D eigenvalue weighted by Gasteiger charge is -2.14. The molecule has 0 spiro atoms. The van der Waals surface area contributed by atoms with Gasteiger partial charge in [0.25, 0.3) is 0 Å². The van der Waals surface area contributed by atoms with Crippen LogP contribution in [0.15, 0.2) is 24.3 Å². The number of rotatable bonds is 10. The minimum atomic E-state index is -0.806. The van der Waals surface area contributed by atoms with Gasteiger partial charge in [-0.15, -0.1) is 0 Å². The van der Waals surface area contributed by atoms with Gasteiger partial charge in [-0.1, -0.05) is 44.7 Å². The second-order valence-electron chi connectivity index (χ2n) is 5.35. The summed E-state index contributed by atoms with van der Waals surface area (Å²) in [7, 11) is 0. The molecule has 0 saturated carbocycles. The van der Waals surface area contributed by atoms with Gasteiger partial charge in [-0.2, -0.15) is 0 Å². The standard InChI is InChI=1S/C17H26O3/c1-3-4-5-6-7-8-14(2)20-16-11-9-15(10-12-16)13-17(18)19/h9-12,14H,3-8,13H2,1-2H3,(H,18,19). The number of hydrogen-bond donors (Lipinski definition) is 1. The largest absolute Gasteiger partial charge is 0.491 e. The maximum absolute atomic E-state index is 10.6. The Morgan fingerprint density at radius 1 is 1.15 bits per heavy atom. The van der Waals surface area contributed by atoms with Gasteiger partial charge < -0.3 is 9.84 Å². The first-order valence-electron chi connectivity index (χ1n) is 7.59. The molecule has 0 heterocycles. The predicted molar refractivity (Wildman–Crippen MR) is 81.2 cm³/mol. The third-order valence-electron chi connectivity index (χ3n) is 3.33. The zero-order chi connectivity index (χ0) is 14.8. The van der Waals surface area contributed by atoms with Crippen LogP contribution in [-0.4, -0.2) is 17.2 Å². The molecule has 3 nitrogen and oxygen atoms in total. The summed E-state index contributed by atoms with van der Waals surface area (Å²) >= 11 is 0. The molecule has 20 heavy (non-hydrogen) atoms. The van der Waals surface area contributed by atoms with E-state index in [-0.39, 0.29) is 12.5 Å². The second-order valence-corrected chi connectivity index (χ2v) is 5.35. The Morgan fingerprint density at radius 2 is 1.80 bits per heavy atom. The zero-order valence-corrected chi connectivity index (χ0v) is 12.6. The summed E-state index contributed by atoms with van der Waals surface area (Å²) in [5.74, 6) is 0.0133. The molecule has 1 rings (SSSR count). The van der Waals surface area contributed by atoms with Crippen LogP contribution in [-0.2, 0) is 11.2 Å². The van der Waals surface area contributed by atoms with Crippen molar-refractivity contribution in [3.63, 3.8) is 0 Å². The SMILES string of the molecule is CCCCCCCC(C)Oc1ccc(CC(=O)O)cc1. The fourth-order valence-corrected chi connectivity index (χ4v) is 2.19. The van der Waals surface area contributed by atoms with Crippen molar-refractivity contribution < 1.29 is 14.6 Å². The van der Waals surface area contributed by atoms with Gasteiger partial charge in [-0.3, -0.25) is 4.79 Å². The van der Waals surface area contributed by atoms with Crippen LogP contribution in [0.4, 0.5) is 0 Å². The average molecular weight is 278 g/mol. The van der Waals surface area contributed by atoms with Crippen molar-refractivity contribution in [2.24, 2.45) is 0 Å². The van der Waals surface area contributed by atoms with Crippen molar-refractivity contribution in [1.29, 1.82) is 0 Å². The summed E-state index contributed by atoms with van der Waals surface area (Å²) in [5, 5.41) is 8.71. The first-order chi connectivity index (χ1) is 9.61. The molecule has 0 aliphatic heterocycles. The second kappa shape index (κ2) is 9.40. The monoisotopic (exact) mass is 278 g/mol. The van der Waals surface area contributed by atoms with E-state index in [9.17, 15) is 4.79 Å². The molecule has 0 fully saturated rings. The highest BCUT2D eigenvalue weighted by Gasteiger charge is 2.05.